The topological polar surface area (TPSA) is 67.8 Å². The number of nitrogens with one attached hydrogen (secondary N) is 2. The molecule has 144 valence electrons. The molecule has 0 bridgehead atoms. The molecule has 0 amide bonds. The van der Waals surface area contributed by atoms with Crippen molar-refractivity contribution in [3.63, 3.8) is 0 Å². The SMILES string of the molecule is CN=C(NCCCOCC1CCOC1)NCCCc1nc(C)cs1.I. The zero-order valence-electron chi connectivity index (χ0n) is 15.3. The highest BCUT2D eigenvalue weighted by atomic mass is 127. The maximum Gasteiger partial charge on any atom is 0.190 e. The van der Waals surface area contributed by atoms with Gasteiger partial charge in [-0.2, -0.15) is 0 Å². The van der Waals surface area contributed by atoms with Crippen LogP contribution in [0.4, 0.5) is 0 Å². The summed E-state index contributed by atoms with van der Waals surface area (Å²) in [6.45, 7) is 7.15. The van der Waals surface area contributed by atoms with E-state index in [1.807, 2.05) is 6.92 Å². The van der Waals surface area contributed by atoms with Crippen LogP contribution in [0.15, 0.2) is 10.4 Å². The van der Waals surface area contributed by atoms with Crippen LogP contribution in [0.3, 0.4) is 0 Å². The van der Waals surface area contributed by atoms with Gasteiger partial charge in [-0.05, 0) is 26.2 Å². The van der Waals surface area contributed by atoms with Gasteiger partial charge in [0, 0.05) is 56.8 Å². The van der Waals surface area contributed by atoms with Gasteiger partial charge in [-0.1, -0.05) is 0 Å². The van der Waals surface area contributed by atoms with Crippen molar-refractivity contribution in [2.45, 2.75) is 32.6 Å². The van der Waals surface area contributed by atoms with Crippen LogP contribution >= 0.6 is 35.3 Å². The summed E-state index contributed by atoms with van der Waals surface area (Å²) in [6, 6.07) is 0. The van der Waals surface area contributed by atoms with E-state index < -0.39 is 0 Å². The molecule has 1 saturated heterocycles. The molecule has 1 unspecified atom stereocenters. The molecule has 8 heteroatoms. The molecule has 2 N–H and O–H groups in total. The monoisotopic (exact) mass is 482 g/mol. The van der Waals surface area contributed by atoms with E-state index in [0.29, 0.717) is 5.92 Å². The highest BCUT2D eigenvalue weighted by Crippen LogP contribution is 2.12. The summed E-state index contributed by atoms with van der Waals surface area (Å²) >= 11 is 1.74. The fraction of sp³-hybridized carbons (Fsp3) is 0.765. The van der Waals surface area contributed by atoms with Crippen LogP contribution in [0.1, 0.15) is 30.0 Å². The van der Waals surface area contributed by atoms with Crippen molar-refractivity contribution in [1.29, 1.82) is 0 Å². The Morgan fingerprint density at radius 1 is 1.40 bits per heavy atom. The molecule has 0 saturated carbocycles. The largest absolute Gasteiger partial charge is 0.381 e. The first-order chi connectivity index (χ1) is 11.8. The van der Waals surface area contributed by atoms with Crippen LogP contribution in [0, 0.1) is 12.8 Å². The molecule has 1 aromatic rings. The number of aryl methyl sites for hydroxylation is 2. The quantitative estimate of drug-likeness (QED) is 0.232. The number of ether oxygens (including phenoxy) is 2. The fourth-order valence-electron chi connectivity index (χ4n) is 2.53. The van der Waals surface area contributed by atoms with E-state index in [9.17, 15) is 0 Å². The van der Waals surface area contributed by atoms with Gasteiger partial charge < -0.3 is 20.1 Å². The van der Waals surface area contributed by atoms with Gasteiger partial charge in [0.15, 0.2) is 5.96 Å². The number of guanidine groups is 1. The zero-order chi connectivity index (χ0) is 17.0. The highest BCUT2D eigenvalue weighted by Gasteiger charge is 2.15. The Balaban J connectivity index is 0.00000312. The number of aromatic nitrogens is 1. The number of thiazole rings is 1. The molecular weight excluding hydrogens is 451 g/mol. The minimum Gasteiger partial charge on any atom is -0.381 e. The summed E-state index contributed by atoms with van der Waals surface area (Å²) in [5, 5.41) is 9.97. The summed E-state index contributed by atoms with van der Waals surface area (Å²) in [5.74, 6) is 1.45. The van der Waals surface area contributed by atoms with Gasteiger partial charge in [-0.15, -0.1) is 35.3 Å². The third kappa shape index (κ3) is 9.72. The van der Waals surface area contributed by atoms with Crippen molar-refractivity contribution in [2.24, 2.45) is 10.9 Å². The smallest absolute Gasteiger partial charge is 0.190 e. The van der Waals surface area contributed by atoms with E-state index in [1.165, 1.54) is 5.01 Å². The number of nitrogens with zero attached hydrogens (tertiary/aromatic N) is 2. The van der Waals surface area contributed by atoms with E-state index in [1.54, 1.807) is 18.4 Å². The first-order valence-electron chi connectivity index (χ1n) is 8.79. The second kappa shape index (κ2) is 13.7. The molecule has 1 aromatic heterocycles. The maximum atomic E-state index is 5.70. The molecule has 0 aromatic carbocycles. The molecule has 0 spiro atoms. The van der Waals surface area contributed by atoms with Crippen molar-refractivity contribution in [3.8, 4) is 0 Å². The average Bonchev–Trinajstić information content (AvgIpc) is 3.24. The van der Waals surface area contributed by atoms with Crippen molar-refractivity contribution < 1.29 is 9.47 Å². The highest BCUT2D eigenvalue weighted by molar-refractivity contribution is 14.0. The summed E-state index contributed by atoms with van der Waals surface area (Å²) < 4.78 is 11.0. The standard InChI is InChI=1S/C17H30N4O2S.HI/c1-14-13-24-16(21-14)5-3-7-19-17(18-2)20-8-4-9-22-11-15-6-10-23-12-15;/h13,15H,3-12H2,1-2H3,(H2,18,19,20);1H. The lowest BCUT2D eigenvalue weighted by atomic mass is 10.1. The van der Waals surface area contributed by atoms with Gasteiger partial charge in [-0.25, -0.2) is 4.98 Å². The molecule has 2 heterocycles. The van der Waals surface area contributed by atoms with E-state index >= 15 is 0 Å². The molecule has 6 nitrogen and oxygen atoms in total. The van der Waals surface area contributed by atoms with E-state index in [0.717, 1.165) is 76.9 Å². The second-order valence-electron chi connectivity index (χ2n) is 6.07. The third-order valence-corrected chi connectivity index (χ3v) is 4.91. The van der Waals surface area contributed by atoms with E-state index in [4.69, 9.17) is 9.47 Å². The Labute approximate surface area is 172 Å². The predicted octanol–water partition coefficient (Wildman–Crippen LogP) is 2.61. The Bertz CT molecular complexity index is 493. The van der Waals surface area contributed by atoms with Crippen LogP contribution in [0.5, 0.6) is 0 Å². The minimum absolute atomic E-state index is 0. The summed E-state index contributed by atoms with van der Waals surface area (Å²) in [6.07, 6.45) is 4.18. The summed E-state index contributed by atoms with van der Waals surface area (Å²) in [4.78, 5) is 8.72. The van der Waals surface area contributed by atoms with Crippen molar-refractivity contribution >= 4 is 41.3 Å². The molecular formula is C17H31IN4O2S. The third-order valence-electron chi connectivity index (χ3n) is 3.89. The first-order valence-corrected chi connectivity index (χ1v) is 9.67. The molecule has 2 rings (SSSR count). The lowest BCUT2D eigenvalue weighted by Gasteiger charge is -2.12. The van der Waals surface area contributed by atoms with Crippen LogP contribution < -0.4 is 10.6 Å². The van der Waals surface area contributed by atoms with Crippen LogP contribution in [0.25, 0.3) is 0 Å². The summed E-state index contributed by atoms with van der Waals surface area (Å²) in [7, 11) is 1.80. The molecule has 1 aliphatic heterocycles. The lowest BCUT2D eigenvalue weighted by Crippen LogP contribution is -2.38. The van der Waals surface area contributed by atoms with Crippen molar-refractivity contribution in [3.05, 3.63) is 16.1 Å². The predicted molar refractivity (Wildman–Crippen MR) is 114 cm³/mol. The van der Waals surface area contributed by atoms with Gasteiger partial charge in [-0.3, -0.25) is 4.99 Å². The Hall–Kier alpha value is -0.450. The van der Waals surface area contributed by atoms with Crippen molar-refractivity contribution in [1.82, 2.24) is 15.6 Å². The second-order valence-corrected chi connectivity index (χ2v) is 7.01. The van der Waals surface area contributed by atoms with Crippen LogP contribution in [-0.4, -0.2) is 57.5 Å². The Morgan fingerprint density at radius 2 is 2.20 bits per heavy atom. The average molecular weight is 482 g/mol. The number of halogens is 1. The lowest BCUT2D eigenvalue weighted by molar-refractivity contribution is 0.0888. The molecule has 0 radical (unpaired) electrons. The van der Waals surface area contributed by atoms with Gasteiger partial charge >= 0.3 is 0 Å². The minimum atomic E-state index is 0. The van der Waals surface area contributed by atoms with E-state index in [2.05, 4.69) is 26.0 Å². The first kappa shape index (κ1) is 22.6. The van der Waals surface area contributed by atoms with Gasteiger partial charge in [0.2, 0.25) is 0 Å². The van der Waals surface area contributed by atoms with Gasteiger partial charge in [0.1, 0.15) is 0 Å². The number of rotatable bonds is 10. The Kier molecular flexibility index (Phi) is 12.4. The molecule has 0 aliphatic carbocycles. The fourth-order valence-corrected chi connectivity index (χ4v) is 3.35. The van der Waals surface area contributed by atoms with Crippen molar-refractivity contribution in [2.75, 3.05) is 46.6 Å². The maximum absolute atomic E-state index is 5.70. The molecule has 25 heavy (non-hydrogen) atoms. The van der Waals surface area contributed by atoms with Crippen LogP contribution in [0.2, 0.25) is 0 Å². The Morgan fingerprint density at radius 3 is 2.84 bits per heavy atom. The summed E-state index contributed by atoms with van der Waals surface area (Å²) in [5.41, 5.74) is 1.11. The van der Waals surface area contributed by atoms with Gasteiger partial charge in [0.05, 0.1) is 18.2 Å². The number of aliphatic imine (C=N–C) groups is 1. The number of hydrogen-bond acceptors (Lipinski definition) is 5. The molecule has 1 atom stereocenters. The molecule has 1 aliphatic rings. The normalized spacial score (nSPS) is 17.4. The zero-order valence-corrected chi connectivity index (χ0v) is 18.4. The van der Waals surface area contributed by atoms with Crippen LogP contribution in [-0.2, 0) is 15.9 Å². The molecule has 1 fully saturated rings. The number of hydrogen-bond donors (Lipinski definition) is 2. The van der Waals surface area contributed by atoms with E-state index in [-0.39, 0.29) is 24.0 Å². The van der Waals surface area contributed by atoms with Gasteiger partial charge in [0.25, 0.3) is 0 Å².